The van der Waals surface area contributed by atoms with Gasteiger partial charge in [0, 0.05) is 46.7 Å². The van der Waals surface area contributed by atoms with Crippen LogP contribution in [0.15, 0.2) is 21.8 Å². The molecule has 1 saturated heterocycles. The maximum Gasteiger partial charge on any atom is 0.254 e. The molecule has 3 aliphatic rings. The second-order valence-electron chi connectivity index (χ2n) is 9.61. The summed E-state index contributed by atoms with van der Waals surface area (Å²) in [5.74, 6) is 0.520. The molecule has 1 aromatic carbocycles. The highest BCUT2D eigenvalue weighted by Crippen LogP contribution is 2.46. The van der Waals surface area contributed by atoms with Gasteiger partial charge in [-0.25, -0.2) is 0 Å². The zero-order valence-corrected chi connectivity index (χ0v) is 22.3. The highest BCUT2D eigenvalue weighted by molar-refractivity contribution is 7.98. The van der Waals surface area contributed by atoms with Crippen LogP contribution >= 0.6 is 23.4 Å². The van der Waals surface area contributed by atoms with E-state index in [1.165, 1.54) is 11.8 Å². The lowest BCUT2D eigenvalue weighted by Gasteiger charge is -2.40. The molecule has 1 aliphatic carbocycles. The molecule has 1 aromatic heterocycles. The standard InChI is InChI=1S/C26H31ClN2O6S/c1-14-10-21(36-3)18(25(31)29-14)12-28-24(30)17-11-19(27)23-22(15(17)2)35-20(13-32-23)16-4-6-26(7-5-16)33-8-9-34-26/h10-11,16,20H,4-9,12-13H2,1-3H3,(H,28,30)(H,29,31)/t20-/m1/s1. The predicted molar refractivity (Wildman–Crippen MR) is 137 cm³/mol. The molecule has 1 amide bonds. The van der Waals surface area contributed by atoms with Crippen molar-refractivity contribution in [3.05, 3.63) is 49.9 Å². The molecule has 0 unspecified atom stereocenters. The van der Waals surface area contributed by atoms with E-state index in [1.807, 2.05) is 26.2 Å². The minimum atomic E-state index is -0.427. The zero-order chi connectivity index (χ0) is 25.4. The number of hydrogen-bond donors (Lipinski definition) is 2. The van der Waals surface area contributed by atoms with Crippen molar-refractivity contribution in [2.75, 3.05) is 26.1 Å². The molecule has 0 bridgehead atoms. The van der Waals surface area contributed by atoms with Crippen LogP contribution < -0.4 is 20.3 Å². The lowest BCUT2D eigenvalue weighted by Crippen LogP contribution is -2.43. The lowest BCUT2D eigenvalue weighted by molar-refractivity contribution is -0.187. The predicted octanol–water partition coefficient (Wildman–Crippen LogP) is 4.37. The molecule has 1 atom stereocenters. The van der Waals surface area contributed by atoms with Crippen molar-refractivity contribution >= 4 is 29.3 Å². The van der Waals surface area contributed by atoms with Gasteiger partial charge >= 0.3 is 0 Å². The first kappa shape index (κ1) is 25.4. The molecule has 5 rings (SSSR count). The van der Waals surface area contributed by atoms with Crippen LogP contribution in [-0.4, -0.2) is 48.9 Å². The number of carbonyl (C=O) groups is 1. The van der Waals surface area contributed by atoms with Gasteiger partial charge in [-0.15, -0.1) is 11.8 Å². The van der Waals surface area contributed by atoms with Crippen molar-refractivity contribution in [3.8, 4) is 11.5 Å². The summed E-state index contributed by atoms with van der Waals surface area (Å²) in [4.78, 5) is 29.3. The van der Waals surface area contributed by atoms with Gasteiger partial charge in [0.25, 0.3) is 11.5 Å². The Kier molecular flexibility index (Phi) is 7.27. The Labute approximate surface area is 219 Å². The maximum atomic E-state index is 13.2. The molecule has 1 saturated carbocycles. The van der Waals surface area contributed by atoms with Gasteiger partial charge in [-0.1, -0.05) is 11.6 Å². The number of carbonyl (C=O) groups excluding carboxylic acids is 1. The Morgan fingerprint density at radius 2 is 1.92 bits per heavy atom. The summed E-state index contributed by atoms with van der Waals surface area (Å²) in [6, 6.07) is 3.50. The SMILES string of the molecule is CSc1cc(C)[nH]c(=O)c1CNC(=O)c1cc(Cl)c2c(c1C)O[C@@H](C1CCC3(CC1)OCCO3)CO2. The van der Waals surface area contributed by atoms with Crippen LogP contribution in [0.2, 0.25) is 5.02 Å². The smallest absolute Gasteiger partial charge is 0.254 e. The molecular weight excluding hydrogens is 504 g/mol. The van der Waals surface area contributed by atoms with Gasteiger partial charge in [-0.3, -0.25) is 9.59 Å². The molecule has 1 spiro atoms. The molecular formula is C26H31ClN2O6S. The van der Waals surface area contributed by atoms with Gasteiger partial charge in [-0.05, 0) is 51.0 Å². The maximum absolute atomic E-state index is 13.2. The normalized spacial score (nSPS) is 21.1. The summed E-state index contributed by atoms with van der Waals surface area (Å²) in [6.45, 7) is 5.48. The third-order valence-electron chi connectivity index (χ3n) is 7.35. The molecule has 10 heteroatoms. The number of aromatic nitrogens is 1. The van der Waals surface area contributed by atoms with Crippen molar-refractivity contribution in [3.63, 3.8) is 0 Å². The average molecular weight is 535 g/mol. The fraction of sp³-hybridized carbons (Fsp3) is 0.538. The summed E-state index contributed by atoms with van der Waals surface area (Å²) >= 11 is 7.98. The number of nitrogens with one attached hydrogen (secondary N) is 2. The van der Waals surface area contributed by atoms with Gasteiger partial charge in [0.05, 0.1) is 18.2 Å². The van der Waals surface area contributed by atoms with Gasteiger partial charge in [0.15, 0.2) is 17.3 Å². The van der Waals surface area contributed by atoms with E-state index in [1.54, 1.807) is 6.07 Å². The van der Waals surface area contributed by atoms with Gasteiger partial charge in [0.2, 0.25) is 0 Å². The van der Waals surface area contributed by atoms with E-state index in [4.69, 9.17) is 30.5 Å². The summed E-state index contributed by atoms with van der Waals surface area (Å²) in [5, 5.41) is 3.20. The minimum absolute atomic E-state index is 0.104. The third-order valence-corrected chi connectivity index (χ3v) is 8.44. The number of aryl methyl sites for hydroxylation is 1. The second-order valence-corrected chi connectivity index (χ2v) is 10.9. The van der Waals surface area contributed by atoms with Crippen LogP contribution in [0.25, 0.3) is 0 Å². The highest BCUT2D eigenvalue weighted by atomic mass is 35.5. The molecule has 3 heterocycles. The van der Waals surface area contributed by atoms with E-state index in [0.29, 0.717) is 59.0 Å². The number of benzene rings is 1. The number of pyridine rings is 1. The van der Waals surface area contributed by atoms with Gasteiger partial charge in [0.1, 0.15) is 12.7 Å². The zero-order valence-electron chi connectivity index (χ0n) is 20.7. The Hall–Kier alpha value is -2.20. The van der Waals surface area contributed by atoms with Crippen LogP contribution in [0.5, 0.6) is 11.5 Å². The monoisotopic (exact) mass is 534 g/mol. The third kappa shape index (κ3) is 4.86. The van der Waals surface area contributed by atoms with Crippen molar-refractivity contribution in [2.24, 2.45) is 5.92 Å². The van der Waals surface area contributed by atoms with Crippen LogP contribution in [0, 0.1) is 19.8 Å². The topological polar surface area (TPSA) is 98.9 Å². The number of fused-ring (bicyclic) bond motifs is 1. The number of thioether (sulfide) groups is 1. The number of H-pyrrole nitrogens is 1. The minimum Gasteiger partial charge on any atom is -0.484 e. The number of ether oxygens (including phenoxy) is 4. The summed E-state index contributed by atoms with van der Waals surface area (Å²) in [5.41, 5.74) is 2.15. The van der Waals surface area contributed by atoms with E-state index in [-0.39, 0.29) is 24.1 Å². The van der Waals surface area contributed by atoms with Crippen LogP contribution in [-0.2, 0) is 16.0 Å². The molecule has 194 valence electrons. The van der Waals surface area contributed by atoms with Crippen molar-refractivity contribution in [2.45, 2.75) is 62.9 Å². The highest BCUT2D eigenvalue weighted by Gasteiger charge is 2.43. The molecule has 0 radical (unpaired) electrons. The van der Waals surface area contributed by atoms with Crippen molar-refractivity contribution in [1.29, 1.82) is 0 Å². The fourth-order valence-electron chi connectivity index (χ4n) is 5.33. The molecule has 8 nitrogen and oxygen atoms in total. The summed E-state index contributed by atoms with van der Waals surface area (Å²) in [6.07, 6.45) is 5.27. The molecule has 2 N–H and O–H groups in total. The van der Waals surface area contributed by atoms with E-state index < -0.39 is 5.79 Å². The quantitative estimate of drug-likeness (QED) is 0.549. The first-order valence-corrected chi connectivity index (χ1v) is 13.9. The first-order valence-electron chi connectivity index (χ1n) is 12.3. The molecule has 2 aliphatic heterocycles. The Balaban J connectivity index is 1.31. The molecule has 2 fully saturated rings. The lowest BCUT2D eigenvalue weighted by atomic mass is 9.81. The Morgan fingerprint density at radius 1 is 1.19 bits per heavy atom. The van der Waals surface area contributed by atoms with Gasteiger partial charge in [-0.2, -0.15) is 0 Å². The summed E-state index contributed by atoms with van der Waals surface area (Å²) in [7, 11) is 0. The number of aromatic amines is 1. The van der Waals surface area contributed by atoms with Gasteiger partial charge < -0.3 is 29.2 Å². The fourth-order valence-corrected chi connectivity index (χ4v) is 6.29. The van der Waals surface area contributed by atoms with E-state index >= 15 is 0 Å². The first-order chi connectivity index (χ1) is 17.3. The molecule has 2 aromatic rings. The van der Waals surface area contributed by atoms with E-state index in [9.17, 15) is 9.59 Å². The van der Waals surface area contributed by atoms with E-state index in [0.717, 1.165) is 36.3 Å². The number of amides is 1. The average Bonchev–Trinajstić information content (AvgIpc) is 3.33. The Morgan fingerprint density at radius 3 is 2.61 bits per heavy atom. The second kappa shape index (κ2) is 10.3. The van der Waals surface area contributed by atoms with Crippen LogP contribution in [0.1, 0.15) is 52.9 Å². The summed E-state index contributed by atoms with van der Waals surface area (Å²) < 4.78 is 24.2. The van der Waals surface area contributed by atoms with Crippen molar-refractivity contribution in [1.82, 2.24) is 10.3 Å². The number of halogens is 1. The van der Waals surface area contributed by atoms with Crippen LogP contribution in [0.4, 0.5) is 0 Å². The van der Waals surface area contributed by atoms with E-state index in [2.05, 4.69) is 10.3 Å². The van der Waals surface area contributed by atoms with Crippen LogP contribution in [0.3, 0.4) is 0 Å². The largest absolute Gasteiger partial charge is 0.484 e. The van der Waals surface area contributed by atoms with Crippen molar-refractivity contribution < 1.29 is 23.7 Å². The number of rotatable bonds is 5. The Bertz CT molecular complexity index is 1220. The molecule has 36 heavy (non-hydrogen) atoms. The number of hydrogen-bond acceptors (Lipinski definition) is 7.